The minimum absolute atomic E-state index is 0.309. The Kier molecular flexibility index (Phi) is 15.8. The first-order chi connectivity index (χ1) is 30.3. The lowest BCUT2D eigenvalue weighted by atomic mass is 9.87. The summed E-state index contributed by atoms with van der Waals surface area (Å²) >= 11 is 0. The maximum atomic E-state index is 5.41. The number of anilines is 1. The number of rotatable bonds is 20. The number of amidine groups is 1. The van der Waals surface area contributed by atoms with E-state index >= 15 is 0 Å². The van der Waals surface area contributed by atoms with Crippen LogP contribution in [-0.2, 0) is 18.5 Å². The van der Waals surface area contributed by atoms with Gasteiger partial charge < -0.3 is 4.90 Å². The minimum Gasteiger partial charge on any atom is -0.365 e. The van der Waals surface area contributed by atoms with Crippen molar-refractivity contribution in [3.8, 4) is 33.4 Å². The van der Waals surface area contributed by atoms with E-state index in [1.54, 1.807) is 6.08 Å². The van der Waals surface area contributed by atoms with Crippen molar-refractivity contribution in [2.24, 2.45) is 9.98 Å². The molecule has 0 spiro atoms. The van der Waals surface area contributed by atoms with E-state index in [1.165, 1.54) is 55.8 Å². The normalized spacial score (nSPS) is 14.0. The van der Waals surface area contributed by atoms with Crippen LogP contribution in [0.15, 0.2) is 205 Å². The van der Waals surface area contributed by atoms with Crippen molar-refractivity contribution in [3.05, 3.63) is 223 Å². The van der Waals surface area contributed by atoms with Gasteiger partial charge in [0.15, 0.2) is 5.84 Å². The number of hydrogen-bond donors (Lipinski definition) is 1. The molecule has 0 saturated carbocycles. The molecule has 0 radical (unpaired) electrons. The molecular weight excluding hydrogens is 753 g/mol. The number of aliphatic imine (C=N–C) groups is 2. The van der Waals surface area contributed by atoms with E-state index in [4.69, 9.17) is 4.99 Å². The van der Waals surface area contributed by atoms with Gasteiger partial charge in [0.25, 0.3) is 0 Å². The molecule has 0 bridgehead atoms. The number of fused-ring (bicyclic) bond motifs is 3. The van der Waals surface area contributed by atoms with Crippen molar-refractivity contribution >= 4 is 18.2 Å². The lowest BCUT2D eigenvalue weighted by Gasteiger charge is -2.32. The number of allylic oxidation sites excluding steroid dienone is 8. The van der Waals surface area contributed by atoms with E-state index < -0.39 is 5.66 Å². The smallest absolute Gasteiger partial charge is 0.156 e. The molecule has 62 heavy (non-hydrogen) atoms. The van der Waals surface area contributed by atoms with E-state index in [9.17, 15) is 0 Å². The zero-order valence-electron chi connectivity index (χ0n) is 37.2. The Labute approximate surface area is 371 Å². The standard InChI is InChI=1S/C58H62N4/c1-9-13-15-16-22-38-58(60-8,61-57(59-7)46-28-18-17-19-29-46)55-33-24-30-48-41-49-40-47(34-36-53(49)56(48)55)51-31-20-21-32-54(51)52-37-35-50(42-45(52)12-4)62(39-14-10-2)44(6)27-23-26-43(5)25-11-3/h9-11,13-24,26,28-37,40,42,44,60H,1,3,5,7,12,25,27,38-39,41H2,2,4,6,8H3/b14-10-,15-13-,22-16-,26-23-,61-57?. The topological polar surface area (TPSA) is 40.0 Å². The van der Waals surface area contributed by atoms with Gasteiger partial charge in [0.2, 0.25) is 0 Å². The van der Waals surface area contributed by atoms with Gasteiger partial charge in [-0.2, -0.15) is 0 Å². The summed E-state index contributed by atoms with van der Waals surface area (Å²) in [6.07, 6.45) is 24.7. The molecule has 1 aliphatic rings. The third kappa shape index (κ3) is 10.3. The average Bonchev–Trinajstić information content (AvgIpc) is 3.69. The van der Waals surface area contributed by atoms with Gasteiger partial charge in [-0.1, -0.05) is 183 Å². The lowest BCUT2D eigenvalue weighted by Crippen LogP contribution is -2.39. The van der Waals surface area contributed by atoms with Crippen molar-refractivity contribution in [2.75, 3.05) is 18.5 Å². The van der Waals surface area contributed by atoms with Gasteiger partial charge >= 0.3 is 0 Å². The highest BCUT2D eigenvalue weighted by molar-refractivity contribution is 6.02. The number of benzene rings is 5. The Morgan fingerprint density at radius 2 is 1.60 bits per heavy atom. The fourth-order valence-electron chi connectivity index (χ4n) is 8.55. The summed E-state index contributed by atoms with van der Waals surface area (Å²) in [5.74, 6) is 0.593. The van der Waals surface area contributed by atoms with Crippen LogP contribution in [-0.4, -0.2) is 32.2 Å². The molecule has 2 atom stereocenters. The fourth-order valence-corrected chi connectivity index (χ4v) is 8.55. The van der Waals surface area contributed by atoms with Crippen LogP contribution in [0.4, 0.5) is 5.69 Å². The van der Waals surface area contributed by atoms with E-state index in [2.05, 4.69) is 178 Å². The van der Waals surface area contributed by atoms with E-state index in [-0.39, 0.29) is 0 Å². The average molecular weight is 815 g/mol. The molecule has 0 aromatic heterocycles. The van der Waals surface area contributed by atoms with Gasteiger partial charge in [-0.05, 0) is 115 Å². The van der Waals surface area contributed by atoms with Crippen LogP contribution in [0.5, 0.6) is 0 Å². The summed E-state index contributed by atoms with van der Waals surface area (Å²) in [5.41, 5.74) is 14.9. The van der Waals surface area contributed by atoms with Crippen molar-refractivity contribution < 1.29 is 0 Å². The molecule has 6 rings (SSSR count). The lowest BCUT2D eigenvalue weighted by molar-refractivity contribution is 0.384. The summed E-state index contributed by atoms with van der Waals surface area (Å²) in [6.45, 7) is 23.3. The molecule has 314 valence electrons. The van der Waals surface area contributed by atoms with Crippen LogP contribution in [0.2, 0.25) is 0 Å². The van der Waals surface area contributed by atoms with E-state index in [0.29, 0.717) is 18.3 Å². The SMILES string of the molecule is C=C/C=C\C=C/CC(N=C(N=C)c1ccccc1)(NC)c1cccc2c1-c1ccc(-c3ccccc3-c3ccc(N(C/C=C\C)C(C)C/C=C\C(=C)CC=C)cc3CC)cc1C2. The Morgan fingerprint density at radius 1 is 0.823 bits per heavy atom. The zero-order chi connectivity index (χ0) is 43.9. The second-order valence-electron chi connectivity index (χ2n) is 15.8. The highest BCUT2D eigenvalue weighted by atomic mass is 15.2. The summed E-state index contributed by atoms with van der Waals surface area (Å²) in [6, 6.07) is 40.0. The monoisotopic (exact) mass is 814 g/mol. The molecule has 0 heterocycles. The van der Waals surface area contributed by atoms with Gasteiger partial charge in [0.05, 0.1) is 0 Å². The zero-order valence-corrected chi connectivity index (χ0v) is 37.2. The molecule has 0 amide bonds. The Morgan fingerprint density at radius 3 is 2.32 bits per heavy atom. The minimum atomic E-state index is -0.816. The Bertz CT molecular complexity index is 2530. The molecule has 1 N–H and O–H groups in total. The number of aryl methyl sites for hydroxylation is 1. The maximum Gasteiger partial charge on any atom is 0.156 e. The van der Waals surface area contributed by atoms with Crippen molar-refractivity contribution in [2.45, 2.75) is 64.6 Å². The quantitative estimate of drug-likeness (QED) is 0.0361. The molecule has 1 aliphatic carbocycles. The van der Waals surface area contributed by atoms with Gasteiger partial charge in [-0.3, -0.25) is 5.32 Å². The molecule has 0 fully saturated rings. The first kappa shape index (κ1) is 44.9. The maximum absolute atomic E-state index is 5.41. The highest BCUT2D eigenvalue weighted by Gasteiger charge is 2.35. The first-order valence-corrected chi connectivity index (χ1v) is 21.9. The summed E-state index contributed by atoms with van der Waals surface area (Å²) in [5, 5.41) is 3.65. The van der Waals surface area contributed by atoms with E-state index in [1.807, 2.05) is 55.6 Å². The Balaban J connectivity index is 1.39. The van der Waals surface area contributed by atoms with Crippen molar-refractivity contribution in [3.63, 3.8) is 0 Å². The van der Waals surface area contributed by atoms with E-state index in [0.717, 1.165) is 48.9 Å². The first-order valence-electron chi connectivity index (χ1n) is 21.9. The van der Waals surface area contributed by atoms with Crippen LogP contribution in [0.25, 0.3) is 33.4 Å². The predicted molar refractivity (Wildman–Crippen MR) is 271 cm³/mol. The number of nitrogens with zero attached hydrogens (tertiary/aromatic N) is 3. The molecule has 4 nitrogen and oxygen atoms in total. The second kappa shape index (κ2) is 21.8. The summed E-state index contributed by atoms with van der Waals surface area (Å²) in [7, 11) is 1.98. The van der Waals surface area contributed by atoms with Crippen LogP contribution in [0.3, 0.4) is 0 Å². The molecule has 4 heteroatoms. The van der Waals surface area contributed by atoms with Crippen molar-refractivity contribution in [1.29, 1.82) is 0 Å². The van der Waals surface area contributed by atoms with Gasteiger partial charge in [-0.15, -0.1) is 6.58 Å². The van der Waals surface area contributed by atoms with Gasteiger partial charge in [0.1, 0.15) is 5.66 Å². The van der Waals surface area contributed by atoms with Crippen LogP contribution >= 0.6 is 0 Å². The fraction of sp³-hybridized carbons (Fsp3) is 0.207. The predicted octanol–water partition coefficient (Wildman–Crippen LogP) is 14.2. The number of nitrogens with one attached hydrogen (secondary N) is 1. The molecule has 2 unspecified atom stereocenters. The van der Waals surface area contributed by atoms with Crippen LogP contribution in [0.1, 0.15) is 67.9 Å². The Hall–Kier alpha value is -6.62. The van der Waals surface area contributed by atoms with Crippen LogP contribution < -0.4 is 10.2 Å². The molecule has 5 aromatic rings. The van der Waals surface area contributed by atoms with Crippen molar-refractivity contribution in [1.82, 2.24) is 5.32 Å². The largest absolute Gasteiger partial charge is 0.365 e. The summed E-state index contributed by atoms with van der Waals surface area (Å²) < 4.78 is 0. The molecule has 0 saturated heterocycles. The second-order valence-corrected chi connectivity index (χ2v) is 15.8. The van der Waals surface area contributed by atoms with Crippen LogP contribution in [0, 0.1) is 0 Å². The summed E-state index contributed by atoms with van der Waals surface area (Å²) in [4.78, 5) is 12.4. The third-order valence-corrected chi connectivity index (χ3v) is 11.8. The third-order valence-electron chi connectivity index (χ3n) is 11.8. The number of hydrogen-bond acceptors (Lipinski definition) is 3. The molecular formula is C58H62N4. The highest BCUT2D eigenvalue weighted by Crippen LogP contribution is 2.46. The van der Waals surface area contributed by atoms with Gasteiger partial charge in [-0.25, -0.2) is 9.98 Å². The van der Waals surface area contributed by atoms with Gasteiger partial charge in [0, 0.05) is 35.8 Å². The molecule has 0 aliphatic heterocycles. The molecule has 5 aromatic carbocycles.